The van der Waals surface area contributed by atoms with E-state index in [1.54, 1.807) is 0 Å². The van der Waals surface area contributed by atoms with Crippen molar-refractivity contribution in [2.45, 2.75) is 119 Å². The number of hydrogen-bond acceptors (Lipinski definition) is 4. The second-order valence-electron chi connectivity index (χ2n) is 16.7. The van der Waals surface area contributed by atoms with Crippen LogP contribution in [0, 0.1) is 50.2 Å². The monoisotopic (exact) mass is 560 g/mol. The molecule has 0 bridgehead atoms. The molecule has 5 aliphatic rings. The van der Waals surface area contributed by atoms with Gasteiger partial charge in [-0.2, -0.15) is 0 Å². The lowest BCUT2D eigenvalue weighted by molar-refractivity contribution is -0.202. The fourth-order valence-corrected chi connectivity index (χ4v) is 11.3. The molecule has 1 unspecified atom stereocenters. The molecule has 0 aromatic heterocycles. The van der Waals surface area contributed by atoms with Crippen LogP contribution in [0.15, 0.2) is 42.0 Å². The van der Waals surface area contributed by atoms with E-state index in [1.807, 2.05) is 30.3 Å². The van der Waals surface area contributed by atoms with Crippen LogP contribution in [0.4, 0.5) is 0 Å². The number of fused-ring (bicyclic) bond motifs is 7. The molecule has 1 aromatic carbocycles. The van der Waals surface area contributed by atoms with Gasteiger partial charge in [-0.1, -0.05) is 77.4 Å². The summed E-state index contributed by atoms with van der Waals surface area (Å²) in [6.07, 6.45) is 10.4. The fourth-order valence-electron chi connectivity index (χ4n) is 11.3. The molecule has 224 valence electrons. The summed E-state index contributed by atoms with van der Waals surface area (Å²) < 4.78 is 5.93. The third-order valence-electron chi connectivity index (χ3n) is 14.3. The maximum Gasteiger partial charge on any atom is 0.312 e. The Hall–Kier alpha value is -1.94. The van der Waals surface area contributed by atoms with Gasteiger partial charge in [-0.3, -0.25) is 9.59 Å². The van der Waals surface area contributed by atoms with Crippen molar-refractivity contribution in [2.75, 3.05) is 0 Å². The van der Waals surface area contributed by atoms with Crippen molar-refractivity contribution in [1.29, 1.82) is 0 Å². The number of carbonyl (C=O) groups excluding carboxylic acids is 2. The zero-order chi connectivity index (χ0) is 29.6. The highest BCUT2D eigenvalue weighted by molar-refractivity contribution is 5.95. The van der Waals surface area contributed by atoms with Crippen molar-refractivity contribution in [3.8, 4) is 0 Å². The molecule has 4 nitrogen and oxygen atoms in total. The Labute approximate surface area is 247 Å². The van der Waals surface area contributed by atoms with Gasteiger partial charge < -0.3 is 9.84 Å². The lowest BCUT2D eigenvalue weighted by atomic mass is 9.33. The summed E-state index contributed by atoms with van der Waals surface area (Å²) in [5.74, 6) is 0.734. The fraction of sp³-hybridized carbons (Fsp3) is 0.730. The first-order valence-electron chi connectivity index (χ1n) is 16.3. The second kappa shape index (κ2) is 9.28. The average Bonchev–Trinajstić information content (AvgIpc) is 2.92. The Morgan fingerprint density at radius 1 is 0.902 bits per heavy atom. The SMILES string of the molecule is CC1(C)C2CC[C@]3(C)[C@H](C(=O)C=C4[C@@H]5C[C@@](C)(C(=O)OCc6ccccc6)CC[C@]5(C)CC[C@]43C)[C@@]2(C)CC[C@@H]1O. The molecule has 0 saturated heterocycles. The Balaban J connectivity index is 1.34. The molecule has 1 N–H and O–H groups in total. The molecule has 5 aliphatic carbocycles. The zero-order valence-corrected chi connectivity index (χ0v) is 26.5. The smallest absolute Gasteiger partial charge is 0.312 e. The Morgan fingerprint density at radius 3 is 2.29 bits per heavy atom. The van der Waals surface area contributed by atoms with Gasteiger partial charge in [0.2, 0.25) is 0 Å². The van der Waals surface area contributed by atoms with Crippen molar-refractivity contribution >= 4 is 11.8 Å². The zero-order valence-electron chi connectivity index (χ0n) is 26.5. The van der Waals surface area contributed by atoms with Crippen LogP contribution >= 0.6 is 0 Å². The summed E-state index contributed by atoms with van der Waals surface area (Å²) in [6, 6.07) is 9.93. The second-order valence-corrected chi connectivity index (χ2v) is 16.7. The summed E-state index contributed by atoms with van der Waals surface area (Å²) >= 11 is 0. The molecule has 0 spiro atoms. The van der Waals surface area contributed by atoms with E-state index in [9.17, 15) is 14.7 Å². The minimum absolute atomic E-state index is 0.0237. The number of ether oxygens (including phenoxy) is 1. The first-order chi connectivity index (χ1) is 19.1. The Morgan fingerprint density at radius 2 is 1.59 bits per heavy atom. The predicted octanol–water partition coefficient (Wildman–Crippen LogP) is 8.07. The van der Waals surface area contributed by atoms with Crippen LogP contribution in [-0.2, 0) is 20.9 Å². The number of rotatable bonds is 3. The van der Waals surface area contributed by atoms with Crippen molar-refractivity contribution < 1.29 is 19.4 Å². The van der Waals surface area contributed by atoms with Gasteiger partial charge in [-0.15, -0.1) is 0 Å². The molecule has 4 heteroatoms. The summed E-state index contributed by atoms with van der Waals surface area (Å²) in [6.45, 7) is 16.5. The van der Waals surface area contributed by atoms with Crippen LogP contribution in [0.5, 0.6) is 0 Å². The number of ketones is 1. The van der Waals surface area contributed by atoms with E-state index in [2.05, 4.69) is 54.5 Å². The molecule has 1 aromatic rings. The van der Waals surface area contributed by atoms with E-state index in [0.717, 1.165) is 63.4 Å². The molecular formula is C37H52O4. The van der Waals surface area contributed by atoms with Crippen LogP contribution in [-0.4, -0.2) is 23.0 Å². The third-order valence-corrected chi connectivity index (χ3v) is 14.3. The van der Waals surface area contributed by atoms with Crippen molar-refractivity contribution in [3.63, 3.8) is 0 Å². The van der Waals surface area contributed by atoms with Gasteiger partial charge in [0.25, 0.3) is 0 Å². The van der Waals surface area contributed by atoms with Gasteiger partial charge in [0, 0.05) is 5.92 Å². The van der Waals surface area contributed by atoms with Crippen LogP contribution in [0.2, 0.25) is 0 Å². The number of hydrogen-bond donors (Lipinski definition) is 1. The predicted molar refractivity (Wildman–Crippen MR) is 162 cm³/mol. The van der Waals surface area contributed by atoms with Crippen LogP contribution in [0.1, 0.15) is 112 Å². The molecule has 0 radical (unpaired) electrons. The van der Waals surface area contributed by atoms with E-state index in [-0.39, 0.29) is 51.0 Å². The van der Waals surface area contributed by atoms with Crippen molar-refractivity contribution in [2.24, 2.45) is 50.2 Å². The lowest BCUT2D eigenvalue weighted by Crippen LogP contribution is -2.66. The highest BCUT2D eigenvalue weighted by Gasteiger charge is 2.70. The molecule has 0 heterocycles. The van der Waals surface area contributed by atoms with Crippen LogP contribution < -0.4 is 0 Å². The first kappa shape index (κ1) is 29.1. The molecule has 0 amide bonds. The van der Waals surface area contributed by atoms with E-state index >= 15 is 0 Å². The van der Waals surface area contributed by atoms with Crippen molar-refractivity contribution in [1.82, 2.24) is 0 Å². The number of allylic oxidation sites excluding steroid dienone is 2. The number of aliphatic hydroxyl groups excluding tert-OH is 1. The van der Waals surface area contributed by atoms with Gasteiger partial charge in [0.1, 0.15) is 6.61 Å². The van der Waals surface area contributed by atoms with Gasteiger partial charge in [0.15, 0.2) is 5.78 Å². The maximum atomic E-state index is 14.5. The highest BCUT2D eigenvalue weighted by atomic mass is 16.5. The normalized spacial score (nSPS) is 46.7. The van der Waals surface area contributed by atoms with E-state index in [4.69, 9.17) is 4.74 Å². The van der Waals surface area contributed by atoms with Gasteiger partial charge in [-0.05, 0) is 115 Å². The Kier molecular flexibility index (Phi) is 6.60. The minimum atomic E-state index is -0.550. The average molecular weight is 561 g/mol. The molecule has 4 saturated carbocycles. The summed E-state index contributed by atoms with van der Waals surface area (Å²) in [5.41, 5.74) is 1.40. The largest absolute Gasteiger partial charge is 0.460 e. The van der Waals surface area contributed by atoms with Crippen LogP contribution in [0.3, 0.4) is 0 Å². The van der Waals surface area contributed by atoms with Gasteiger partial charge in [-0.25, -0.2) is 0 Å². The van der Waals surface area contributed by atoms with Crippen molar-refractivity contribution in [3.05, 3.63) is 47.5 Å². The number of esters is 1. The first-order valence-corrected chi connectivity index (χ1v) is 16.3. The molecule has 6 rings (SSSR count). The summed E-state index contributed by atoms with van der Waals surface area (Å²) in [7, 11) is 0. The van der Waals surface area contributed by atoms with E-state index in [0.29, 0.717) is 18.3 Å². The van der Waals surface area contributed by atoms with Gasteiger partial charge >= 0.3 is 5.97 Å². The number of benzene rings is 1. The molecule has 9 atom stereocenters. The quantitative estimate of drug-likeness (QED) is 0.380. The summed E-state index contributed by atoms with van der Waals surface area (Å²) in [4.78, 5) is 28.1. The molecular weight excluding hydrogens is 508 g/mol. The molecule has 4 fully saturated rings. The molecule has 0 aliphatic heterocycles. The van der Waals surface area contributed by atoms with E-state index < -0.39 is 5.41 Å². The van der Waals surface area contributed by atoms with Crippen LogP contribution in [0.25, 0.3) is 0 Å². The van der Waals surface area contributed by atoms with Gasteiger partial charge in [0.05, 0.1) is 11.5 Å². The third kappa shape index (κ3) is 4.01. The topological polar surface area (TPSA) is 63.6 Å². The maximum absolute atomic E-state index is 14.5. The van der Waals surface area contributed by atoms with E-state index in [1.165, 1.54) is 5.57 Å². The Bertz CT molecular complexity index is 1260. The highest BCUT2D eigenvalue weighted by Crippen LogP contribution is 2.75. The number of aliphatic hydroxyl groups is 1. The lowest BCUT2D eigenvalue weighted by Gasteiger charge is -2.70. The number of carbonyl (C=O) groups is 2. The minimum Gasteiger partial charge on any atom is -0.460 e. The molecule has 41 heavy (non-hydrogen) atoms. The standard InChI is InChI=1S/C37H52O4/c1-32(2)28-13-16-37(7)30(35(28,5)15-14-29(32)39)27(38)21-25-26-22-34(4,18-17-33(26,3)19-20-36(25,37)6)31(40)41-23-24-11-9-8-10-12-24/h8-12,21,26,28-30,39H,13-20,22-23H2,1-7H3/t26-,28?,29-,30+,33+,34-,35-,36+,37+/m0/s1. The summed E-state index contributed by atoms with van der Waals surface area (Å²) in [5, 5.41) is 11.0.